The zero-order chi connectivity index (χ0) is 17.1. The summed E-state index contributed by atoms with van der Waals surface area (Å²) in [6.45, 7) is 0.565. The van der Waals surface area contributed by atoms with Crippen LogP contribution in [0.3, 0.4) is 0 Å². The summed E-state index contributed by atoms with van der Waals surface area (Å²) in [5.74, 6) is 1.46. The molecule has 0 aliphatic heterocycles. The summed E-state index contributed by atoms with van der Waals surface area (Å²) >= 11 is 0. The van der Waals surface area contributed by atoms with E-state index in [4.69, 9.17) is 0 Å². The van der Waals surface area contributed by atoms with Crippen LogP contribution in [-0.4, -0.2) is 30.8 Å². The molecule has 0 atom stereocenters. The van der Waals surface area contributed by atoms with Crippen molar-refractivity contribution < 1.29 is 4.39 Å². The molecule has 4 N–H and O–H groups in total. The predicted molar refractivity (Wildman–Crippen MR) is 105 cm³/mol. The Labute approximate surface area is 152 Å². The minimum absolute atomic E-state index is 0. The lowest BCUT2D eigenvalue weighted by Gasteiger charge is -2.09. The Morgan fingerprint density at radius 1 is 1.04 bits per heavy atom. The maximum atomic E-state index is 13.0. The molecular formula is C17H22ClFN6. The smallest absolute Gasteiger partial charge is 0.149 e. The number of fused-ring (bicyclic) bond motifs is 1. The minimum atomic E-state index is -0.235. The van der Waals surface area contributed by atoms with E-state index in [0.717, 1.165) is 33.8 Å². The van der Waals surface area contributed by atoms with E-state index in [1.807, 2.05) is 31.9 Å². The highest BCUT2D eigenvalue weighted by Crippen LogP contribution is 2.37. The molecule has 0 aliphatic carbocycles. The molecule has 1 aromatic carbocycles. The molecule has 0 unspecified atom stereocenters. The first-order valence-electron chi connectivity index (χ1n) is 7.74. The maximum absolute atomic E-state index is 13.0. The van der Waals surface area contributed by atoms with Crippen molar-refractivity contribution in [2.75, 3.05) is 42.5 Å². The lowest BCUT2D eigenvalue weighted by atomic mass is 10.2. The van der Waals surface area contributed by atoms with Crippen molar-refractivity contribution in [3.05, 3.63) is 47.9 Å². The van der Waals surface area contributed by atoms with Gasteiger partial charge in [0.2, 0.25) is 0 Å². The molecule has 134 valence electrons. The third-order valence-corrected chi connectivity index (χ3v) is 3.96. The Morgan fingerprint density at radius 3 is 2.36 bits per heavy atom. The molecule has 2 aromatic heterocycles. The standard InChI is InChI=1S/C17H21FN6.ClH/c1-19-15-14-13(24(21-3)17(15)20-2)8-9-22-16(14)23-10-11-4-6-12(18)7-5-11;/h4-9,19-21H,10H2,1-3H3,(H,22,23);1H. The first-order chi connectivity index (χ1) is 11.7. The summed E-state index contributed by atoms with van der Waals surface area (Å²) < 4.78 is 15.0. The monoisotopic (exact) mass is 364 g/mol. The summed E-state index contributed by atoms with van der Waals surface area (Å²) in [5.41, 5.74) is 6.12. The second-order valence-corrected chi connectivity index (χ2v) is 5.32. The zero-order valence-corrected chi connectivity index (χ0v) is 15.2. The molecule has 0 fully saturated rings. The van der Waals surface area contributed by atoms with E-state index in [0.29, 0.717) is 6.54 Å². The number of pyridine rings is 1. The van der Waals surface area contributed by atoms with Crippen molar-refractivity contribution in [1.29, 1.82) is 0 Å². The molecule has 0 radical (unpaired) electrons. The van der Waals surface area contributed by atoms with E-state index >= 15 is 0 Å². The largest absolute Gasteiger partial charge is 0.384 e. The van der Waals surface area contributed by atoms with E-state index in [1.165, 1.54) is 12.1 Å². The third-order valence-electron chi connectivity index (χ3n) is 3.96. The number of hydrogen-bond acceptors (Lipinski definition) is 5. The highest BCUT2D eigenvalue weighted by atomic mass is 35.5. The zero-order valence-electron chi connectivity index (χ0n) is 14.4. The van der Waals surface area contributed by atoms with Crippen molar-refractivity contribution in [3.63, 3.8) is 0 Å². The van der Waals surface area contributed by atoms with Crippen LogP contribution in [-0.2, 0) is 6.54 Å². The van der Waals surface area contributed by atoms with E-state index in [-0.39, 0.29) is 18.2 Å². The third kappa shape index (κ3) is 3.41. The van der Waals surface area contributed by atoms with Crippen LogP contribution in [0, 0.1) is 5.82 Å². The topological polar surface area (TPSA) is 65.9 Å². The molecule has 0 amide bonds. The molecule has 8 heteroatoms. The van der Waals surface area contributed by atoms with Crippen LogP contribution in [0.1, 0.15) is 5.56 Å². The van der Waals surface area contributed by atoms with Gasteiger partial charge in [-0.05, 0) is 23.8 Å². The molecular weight excluding hydrogens is 343 g/mol. The highest BCUT2D eigenvalue weighted by molar-refractivity contribution is 6.06. The molecule has 0 aliphatic rings. The van der Waals surface area contributed by atoms with Crippen molar-refractivity contribution in [3.8, 4) is 0 Å². The van der Waals surface area contributed by atoms with Crippen LogP contribution in [0.2, 0.25) is 0 Å². The van der Waals surface area contributed by atoms with Gasteiger partial charge in [0.15, 0.2) is 0 Å². The fraction of sp³-hybridized carbons (Fsp3) is 0.235. The van der Waals surface area contributed by atoms with Gasteiger partial charge in [-0.15, -0.1) is 12.4 Å². The van der Waals surface area contributed by atoms with Crippen LogP contribution in [0.25, 0.3) is 10.9 Å². The highest BCUT2D eigenvalue weighted by Gasteiger charge is 2.18. The summed E-state index contributed by atoms with van der Waals surface area (Å²) in [7, 11) is 5.63. The van der Waals surface area contributed by atoms with Crippen LogP contribution in [0.5, 0.6) is 0 Å². The SMILES string of the molecule is CNc1c(NC)n(NC)c2ccnc(NCc3ccc(F)cc3)c12.Cl. The Kier molecular flexibility index (Phi) is 5.93. The number of nitrogens with one attached hydrogen (secondary N) is 4. The lowest BCUT2D eigenvalue weighted by molar-refractivity contribution is 0.627. The fourth-order valence-corrected chi connectivity index (χ4v) is 2.87. The second-order valence-electron chi connectivity index (χ2n) is 5.32. The number of anilines is 3. The van der Waals surface area contributed by atoms with Gasteiger partial charge >= 0.3 is 0 Å². The summed E-state index contributed by atoms with van der Waals surface area (Å²) in [6, 6.07) is 8.40. The van der Waals surface area contributed by atoms with Crippen LogP contribution in [0.15, 0.2) is 36.5 Å². The van der Waals surface area contributed by atoms with Crippen LogP contribution >= 0.6 is 12.4 Å². The molecule has 0 spiro atoms. The summed E-state index contributed by atoms with van der Waals surface area (Å²) in [4.78, 5) is 4.48. The molecule has 6 nitrogen and oxygen atoms in total. The quantitative estimate of drug-likeness (QED) is 0.539. The lowest BCUT2D eigenvalue weighted by Crippen LogP contribution is -2.12. The van der Waals surface area contributed by atoms with E-state index in [2.05, 4.69) is 26.4 Å². The van der Waals surface area contributed by atoms with Gasteiger partial charge in [0.1, 0.15) is 17.5 Å². The van der Waals surface area contributed by atoms with Gasteiger partial charge in [-0.3, -0.25) is 0 Å². The maximum Gasteiger partial charge on any atom is 0.149 e. The van der Waals surface area contributed by atoms with Crippen LogP contribution in [0.4, 0.5) is 21.7 Å². The predicted octanol–water partition coefficient (Wildman–Crippen LogP) is 3.47. The summed E-state index contributed by atoms with van der Waals surface area (Å²) in [5, 5.41) is 10.8. The van der Waals surface area contributed by atoms with Gasteiger partial charge in [0, 0.05) is 33.9 Å². The second kappa shape index (κ2) is 7.94. The Morgan fingerprint density at radius 2 is 1.76 bits per heavy atom. The first kappa shape index (κ1) is 18.7. The molecule has 3 aromatic rings. The fourth-order valence-electron chi connectivity index (χ4n) is 2.87. The van der Waals surface area contributed by atoms with E-state index in [1.54, 1.807) is 18.3 Å². The molecule has 25 heavy (non-hydrogen) atoms. The Balaban J connectivity index is 0.00000225. The number of benzene rings is 1. The van der Waals surface area contributed by atoms with Crippen LogP contribution < -0.4 is 21.4 Å². The van der Waals surface area contributed by atoms with Gasteiger partial charge < -0.3 is 21.4 Å². The van der Waals surface area contributed by atoms with Crippen molar-refractivity contribution >= 4 is 40.6 Å². The molecule has 0 bridgehead atoms. The molecule has 0 saturated heterocycles. The minimum Gasteiger partial charge on any atom is -0.384 e. The number of aromatic nitrogens is 2. The first-order valence-corrected chi connectivity index (χ1v) is 7.74. The van der Waals surface area contributed by atoms with Gasteiger partial charge in [0.25, 0.3) is 0 Å². The molecule has 3 rings (SSSR count). The van der Waals surface area contributed by atoms with Gasteiger partial charge in [0.05, 0.1) is 16.6 Å². The van der Waals surface area contributed by atoms with Crippen molar-refractivity contribution in [2.45, 2.75) is 6.54 Å². The Hall–Kier alpha value is -2.67. The Bertz CT molecular complexity index is 846. The van der Waals surface area contributed by atoms with Gasteiger partial charge in [-0.1, -0.05) is 12.1 Å². The van der Waals surface area contributed by atoms with Crippen molar-refractivity contribution in [1.82, 2.24) is 9.66 Å². The molecule has 2 heterocycles. The van der Waals surface area contributed by atoms with E-state index < -0.39 is 0 Å². The van der Waals surface area contributed by atoms with Gasteiger partial charge in [-0.25, -0.2) is 14.1 Å². The number of hydrogen-bond donors (Lipinski definition) is 4. The average Bonchev–Trinajstić information content (AvgIpc) is 2.94. The molecule has 0 saturated carbocycles. The van der Waals surface area contributed by atoms with Crippen molar-refractivity contribution in [2.24, 2.45) is 0 Å². The summed E-state index contributed by atoms with van der Waals surface area (Å²) in [6.07, 6.45) is 1.77. The normalized spacial score (nSPS) is 10.2. The number of halogens is 2. The van der Waals surface area contributed by atoms with Gasteiger partial charge in [-0.2, -0.15) is 0 Å². The number of nitrogens with zero attached hydrogens (tertiary/aromatic N) is 2. The van der Waals surface area contributed by atoms with E-state index in [9.17, 15) is 4.39 Å². The number of rotatable bonds is 6. The average molecular weight is 365 g/mol.